The molecule has 0 amide bonds. The van der Waals surface area contributed by atoms with Gasteiger partial charge in [-0.1, -0.05) is 49.0 Å². The van der Waals surface area contributed by atoms with Gasteiger partial charge in [-0.05, 0) is 12.5 Å². The molecule has 1 unspecified atom stereocenters. The zero-order valence-electron chi connectivity index (χ0n) is 15.0. The number of nitrogens with zero attached hydrogens (tertiary/aromatic N) is 4. The van der Waals surface area contributed by atoms with Gasteiger partial charge in [0.2, 0.25) is 11.0 Å². The molecule has 0 fully saturated rings. The number of anilines is 1. The molecule has 4 rings (SSSR count). The number of nitro benzene ring substituents is 1. The second-order valence-corrected chi connectivity index (χ2v) is 7.20. The van der Waals surface area contributed by atoms with Gasteiger partial charge >= 0.3 is 0 Å². The molecular weight excluding hydrogens is 378 g/mol. The van der Waals surface area contributed by atoms with Crippen LogP contribution in [0.1, 0.15) is 25.1 Å². The van der Waals surface area contributed by atoms with Crippen molar-refractivity contribution in [1.82, 2.24) is 15.2 Å². The third-order valence-electron chi connectivity index (χ3n) is 4.15. The van der Waals surface area contributed by atoms with Gasteiger partial charge in [-0.25, -0.2) is 0 Å². The normalized spacial score (nSPS) is 14.8. The van der Waals surface area contributed by atoms with Gasteiger partial charge in [0, 0.05) is 34.7 Å². The topological polar surface area (TPSA) is 103 Å². The number of hydrogen-bond donors (Lipinski definition) is 1. The van der Waals surface area contributed by atoms with Crippen LogP contribution < -0.4 is 10.1 Å². The van der Waals surface area contributed by atoms with Gasteiger partial charge in [-0.3, -0.25) is 10.1 Å². The van der Waals surface area contributed by atoms with Crippen LogP contribution in [-0.4, -0.2) is 25.9 Å². The Kier molecular flexibility index (Phi) is 5.07. The number of non-ortho nitro benzene ring substituents is 1. The van der Waals surface area contributed by atoms with Gasteiger partial charge in [-0.15, -0.1) is 10.2 Å². The van der Waals surface area contributed by atoms with Crippen LogP contribution in [0.3, 0.4) is 0 Å². The van der Waals surface area contributed by atoms with Crippen LogP contribution in [0.5, 0.6) is 5.88 Å². The SMILES string of the molecule is CCCSc1nnc2c(n1)OC(c1cccc([N+](=O)[O-])c1)Nc1ccccc1-2. The first kappa shape index (κ1) is 18.2. The lowest BCUT2D eigenvalue weighted by Crippen LogP contribution is -2.17. The number of aromatic nitrogens is 3. The Balaban J connectivity index is 1.78. The Hall–Kier alpha value is -3.20. The smallest absolute Gasteiger partial charge is 0.269 e. The van der Waals surface area contributed by atoms with Crippen molar-refractivity contribution in [1.29, 1.82) is 0 Å². The quantitative estimate of drug-likeness (QED) is 0.384. The van der Waals surface area contributed by atoms with Crippen LogP contribution in [0.25, 0.3) is 11.3 Å². The van der Waals surface area contributed by atoms with Gasteiger partial charge in [0.15, 0.2) is 11.9 Å². The number of nitro groups is 1. The van der Waals surface area contributed by atoms with E-state index in [9.17, 15) is 10.1 Å². The fourth-order valence-electron chi connectivity index (χ4n) is 2.85. The maximum absolute atomic E-state index is 11.2. The third-order valence-corrected chi connectivity index (χ3v) is 5.20. The van der Waals surface area contributed by atoms with Gasteiger partial charge in [-0.2, -0.15) is 4.98 Å². The lowest BCUT2D eigenvalue weighted by Gasteiger charge is -2.19. The second kappa shape index (κ2) is 7.81. The number of hydrogen-bond acceptors (Lipinski definition) is 8. The molecule has 2 heterocycles. The molecule has 0 radical (unpaired) electrons. The molecule has 0 saturated heterocycles. The Bertz CT molecular complexity index is 1030. The highest BCUT2D eigenvalue weighted by Gasteiger charge is 2.26. The summed E-state index contributed by atoms with van der Waals surface area (Å²) in [6.45, 7) is 2.08. The third kappa shape index (κ3) is 3.61. The summed E-state index contributed by atoms with van der Waals surface area (Å²) in [5, 5.41) is 23.5. The average Bonchev–Trinajstić information content (AvgIpc) is 2.88. The van der Waals surface area contributed by atoms with Crippen molar-refractivity contribution in [2.45, 2.75) is 24.7 Å². The predicted octanol–water partition coefficient (Wildman–Crippen LogP) is 4.45. The average molecular weight is 395 g/mol. The van der Waals surface area contributed by atoms with E-state index in [0.717, 1.165) is 23.4 Å². The summed E-state index contributed by atoms with van der Waals surface area (Å²) in [5.74, 6) is 1.23. The van der Waals surface area contributed by atoms with E-state index in [4.69, 9.17) is 4.74 Å². The molecule has 0 spiro atoms. The molecule has 28 heavy (non-hydrogen) atoms. The fraction of sp³-hybridized carbons (Fsp3) is 0.211. The predicted molar refractivity (Wildman–Crippen MR) is 106 cm³/mol. The van der Waals surface area contributed by atoms with Crippen molar-refractivity contribution in [3.63, 3.8) is 0 Å². The lowest BCUT2D eigenvalue weighted by molar-refractivity contribution is -0.385. The van der Waals surface area contributed by atoms with Crippen molar-refractivity contribution in [3.05, 3.63) is 64.2 Å². The monoisotopic (exact) mass is 395 g/mol. The summed E-state index contributed by atoms with van der Waals surface area (Å²) in [4.78, 5) is 15.3. The fourth-order valence-corrected chi connectivity index (χ4v) is 3.49. The molecule has 0 bridgehead atoms. The number of benzene rings is 2. The Morgan fingerprint density at radius 3 is 2.89 bits per heavy atom. The van der Waals surface area contributed by atoms with Crippen molar-refractivity contribution in [2.75, 3.05) is 11.1 Å². The minimum atomic E-state index is -0.650. The number of rotatable bonds is 5. The first-order valence-electron chi connectivity index (χ1n) is 8.80. The number of para-hydroxylation sites is 1. The standard InChI is InChI=1S/C19H17N5O3S/c1-2-10-28-19-21-18-16(22-23-19)14-8-3-4-9-15(14)20-17(27-18)12-6-5-7-13(11-12)24(25)26/h3-9,11,17,20H,2,10H2,1H3. The summed E-state index contributed by atoms with van der Waals surface area (Å²) in [6, 6.07) is 14.0. The summed E-state index contributed by atoms with van der Waals surface area (Å²) in [7, 11) is 0. The summed E-state index contributed by atoms with van der Waals surface area (Å²) < 4.78 is 6.12. The molecule has 1 aliphatic heterocycles. The molecule has 1 aromatic heterocycles. The maximum Gasteiger partial charge on any atom is 0.269 e. The Labute approximate surface area is 165 Å². The van der Waals surface area contributed by atoms with Gasteiger partial charge < -0.3 is 10.1 Å². The van der Waals surface area contributed by atoms with Crippen LogP contribution in [0.2, 0.25) is 0 Å². The van der Waals surface area contributed by atoms with Gasteiger partial charge in [0.25, 0.3) is 5.69 Å². The van der Waals surface area contributed by atoms with E-state index >= 15 is 0 Å². The number of ether oxygens (including phenoxy) is 1. The molecular formula is C19H17N5O3S. The van der Waals surface area contributed by atoms with Crippen molar-refractivity contribution in [2.24, 2.45) is 0 Å². The Morgan fingerprint density at radius 2 is 2.07 bits per heavy atom. The summed E-state index contributed by atoms with van der Waals surface area (Å²) >= 11 is 1.51. The van der Waals surface area contributed by atoms with E-state index in [-0.39, 0.29) is 5.69 Å². The number of thioether (sulfide) groups is 1. The molecule has 2 aromatic carbocycles. The van der Waals surface area contributed by atoms with Crippen LogP contribution in [0.15, 0.2) is 53.7 Å². The minimum Gasteiger partial charge on any atom is -0.448 e. The number of nitrogens with one attached hydrogen (secondary N) is 1. The molecule has 1 aliphatic rings. The van der Waals surface area contributed by atoms with E-state index in [1.165, 1.54) is 23.9 Å². The van der Waals surface area contributed by atoms with Gasteiger partial charge in [0.05, 0.1) is 4.92 Å². The molecule has 1 atom stereocenters. The van der Waals surface area contributed by atoms with Crippen LogP contribution in [0.4, 0.5) is 11.4 Å². The van der Waals surface area contributed by atoms with Crippen LogP contribution >= 0.6 is 11.8 Å². The zero-order chi connectivity index (χ0) is 19.5. The molecule has 9 heteroatoms. The first-order valence-corrected chi connectivity index (χ1v) is 9.78. The first-order chi connectivity index (χ1) is 13.7. The summed E-state index contributed by atoms with van der Waals surface area (Å²) in [6.07, 6.45) is 0.343. The molecule has 0 saturated carbocycles. The molecule has 0 aliphatic carbocycles. The highest BCUT2D eigenvalue weighted by Crippen LogP contribution is 2.39. The van der Waals surface area contributed by atoms with Gasteiger partial charge in [0.1, 0.15) is 0 Å². The second-order valence-electron chi connectivity index (χ2n) is 6.14. The van der Waals surface area contributed by atoms with Crippen LogP contribution in [0, 0.1) is 10.1 Å². The highest BCUT2D eigenvalue weighted by atomic mass is 32.2. The van der Waals surface area contributed by atoms with E-state index < -0.39 is 11.2 Å². The molecule has 142 valence electrons. The van der Waals surface area contributed by atoms with E-state index in [2.05, 4.69) is 27.4 Å². The van der Waals surface area contributed by atoms with Crippen molar-refractivity contribution >= 4 is 23.1 Å². The lowest BCUT2D eigenvalue weighted by atomic mass is 10.1. The maximum atomic E-state index is 11.2. The van der Waals surface area contributed by atoms with E-state index in [1.807, 2.05) is 24.3 Å². The summed E-state index contributed by atoms with van der Waals surface area (Å²) in [5.41, 5.74) is 2.77. The molecule has 3 aromatic rings. The van der Waals surface area contributed by atoms with Crippen molar-refractivity contribution < 1.29 is 9.66 Å². The Morgan fingerprint density at radius 1 is 1.21 bits per heavy atom. The van der Waals surface area contributed by atoms with Crippen molar-refractivity contribution in [3.8, 4) is 17.1 Å². The highest BCUT2D eigenvalue weighted by molar-refractivity contribution is 7.99. The molecule has 8 nitrogen and oxygen atoms in total. The largest absolute Gasteiger partial charge is 0.448 e. The number of fused-ring (bicyclic) bond motifs is 3. The van der Waals surface area contributed by atoms with E-state index in [0.29, 0.717) is 22.3 Å². The minimum absolute atomic E-state index is 0.000610. The molecule has 1 N–H and O–H groups in total. The zero-order valence-corrected chi connectivity index (χ0v) is 15.8. The van der Waals surface area contributed by atoms with E-state index in [1.54, 1.807) is 12.1 Å². The van der Waals surface area contributed by atoms with Crippen LogP contribution in [-0.2, 0) is 0 Å².